The Kier molecular flexibility index (Phi) is 2.51. The van der Waals surface area contributed by atoms with Gasteiger partial charge in [0.15, 0.2) is 0 Å². The zero-order valence-electron chi connectivity index (χ0n) is 5.42. The van der Waals surface area contributed by atoms with Crippen molar-refractivity contribution in [2.45, 2.75) is 4.90 Å². The molecule has 10 heavy (non-hydrogen) atoms. The van der Waals surface area contributed by atoms with Crippen molar-refractivity contribution in [2.75, 3.05) is 11.2 Å². The normalized spacial score (nSPS) is 13.2. The van der Waals surface area contributed by atoms with Gasteiger partial charge < -0.3 is 5.32 Å². The highest BCUT2D eigenvalue weighted by atomic mass is 32.2. The number of anilines is 1. The first-order valence-electron chi connectivity index (χ1n) is 2.92. The fraction of sp³-hybridized carbons (Fsp3) is 0.143. The molecule has 0 spiro atoms. The van der Waals surface area contributed by atoms with Crippen LogP contribution in [0.2, 0.25) is 0 Å². The van der Waals surface area contributed by atoms with Crippen LogP contribution < -0.4 is 5.32 Å². The molecule has 0 saturated heterocycles. The third-order valence-corrected chi connectivity index (χ3v) is 2.33. The summed E-state index contributed by atoms with van der Waals surface area (Å²) in [6, 6.07) is 8.37. The average Bonchev–Trinajstić information content (AvgIpc) is 2.33. The van der Waals surface area contributed by atoms with Gasteiger partial charge in [0.2, 0.25) is 0 Å². The number of thioether (sulfide) groups is 1. The predicted octanol–water partition coefficient (Wildman–Crippen LogP) is 2.27. The highest BCUT2D eigenvalue weighted by Crippen LogP contribution is 2.32. The molecule has 0 fully saturated rings. The van der Waals surface area contributed by atoms with E-state index in [-0.39, 0.29) is 13.5 Å². The molecule has 0 atom stereocenters. The lowest BCUT2D eigenvalue weighted by atomic mass is 10.3. The molecule has 1 heterocycles. The summed E-state index contributed by atoms with van der Waals surface area (Å²) in [7, 11) is 0. The molecule has 0 unspecified atom stereocenters. The predicted molar refractivity (Wildman–Crippen MR) is 51.2 cm³/mol. The lowest BCUT2D eigenvalue weighted by Gasteiger charge is -1.92. The molecule has 1 aliphatic heterocycles. The van der Waals surface area contributed by atoms with E-state index >= 15 is 0 Å². The summed E-state index contributed by atoms with van der Waals surface area (Å²) >= 11 is 1.86. The lowest BCUT2D eigenvalue weighted by molar-refractivity contribution is 1.43. The Hall–Kier alpha value is -0.280. The van der Waals surface area contributed by atoms with Gasteiger partial charge in [-0.05, 0) is 12.1 Å². The molecule has 3 heteroatoms. The van der Waals surface area contributed by atoms with E-state index in [9.17, 15) is 0 Å². The van der Waals surface area contributed by atoms with Crippen molar-refractivity contribution in [1.29, 1.82) is 0 Å². The van der Waals surface area contributed by atoms with Crippen molar-refractivity contribution in [2.24, 2.45) is 0 Å². The maximum absolute atomic E-state index is 3.26. The summed E-state index contributed by atoms with van der Waals surface area (Å²) in [6.45, 7) is 0. The summed E-state index contributed by atoms with van der Waals surface area (Å²) in [5.74, 6) is 1.03. The van der Waals surface area contributed by atoms with E-state index in [0.717, 1.165) is 5.88 Å². The van der Waals surface area contributed by atoms with E-state index in [1.807, 2.05) is 11.8 Å². The summed E-state index contributed by atoms with van der Waals surface area (Å²) in [4.78, 5) is 1.37. The van der Waals surface area contributed by atoms with Gasteiger partial charge in [0.25, 0.3) is 0 Å². The minimum Gasteiger partial charge on any atom is -0.375 e. The number of hydrogen-bond donors (Lipinski definition) is 1. The molecule has 0 aliphatic carbocycles. The summed E-state index contributed by atoms with van der Waals surface area (Å²) in [5, 5.41) is 3.26. The molecule has 1 aromatic rings. The first-order valence-corrected chi connectivity index (χ1v) is 3.91. The van der Waals surface area contributed by atoms with Crippen LogP contribution in [0.3, 0.4) is 0 Å². The van der Waals surface area contributed by atoms with Crippen LogP contribution in [0.15, 0.2) is 29.2 Å². The van der Waals surface area contributed by atoms with E-state index in [2.05, 4.69) is 29.6 Å². The number of nitrogens with one attached hydrogen (secondary N) is 1. The molecular formula is C7H9NS2. The highest BCUT2D eigenvalue weighted by molar-refractivity contribution is 7.99. The number of fused-ring (bicyclic) bond motifs is 1. The van der Waals surface area contributed by atoms with Gasteiger partial charge >= 0.3 is 0 Å². The van der Waals surface area contributed by atoms with Crippen molar-refractivity contribution in [1.82, 2.24) is 0 Å². The van der Waals surface area contributed by atoms with Gasteiger partial charge in [0.1, 0.15) is 0 Å². The van der Waals surface area contributed by atoms with Gasteiger partial charge in [0, 0.05) is 10.6 Å². The standard InChI is InChI=1S/C7H7NS.H2S/c1-2-4-7-6(3-1)8-5-9-7;/h1-4,8H,5H2;1H2. The Morgan fingerprint density at radius 1 is 1.30 bits per heavy atom. The number of hydrogen-bond acceptors (Lipinski definition) is 2. The second-order valence-electron chi connectivity index (χ2n) is 1.96. The van der Waals surface area contributed by atoms with Crippen molar-refractivity contribution >= 4 is 30.9 Å². The van der Waals surface area contributed by atoms with Crippen LogP contribution in [0.1, 0.15) is 0 Å². The zero-order valence-corrected chi connectivity index (χ0v) is 7.24. The van der Waals surface area contributed by atoms with Gasteiger partial charge in [-0.25, -0.2) is 0 Å². The highest BCUT2D eigenvalue weighted by Gasteiger charge is 2.06. The minimum absolute atomic E-state index is 0. The first kappa shape index (κ1) is 7.82. The Labute approximate surface area is 71.7 Å². The van der Waals surface area contributed by atoms with Crippen LogP contribution in [-0.4, -0.2) is 5.88 Å². The maximum atomic E-state index is 3.26. The molecule has 54 valence electrons. The molecule has 2 rings (SSSR count). The Bertz CT molecular complexity index is 202. The van der Waals surface area contributed by atoms with Crippen LogP contribution >= 0.6 is 25.3 Å². The molecule has 1 aliphatic rings. The van der Waals surface area contributed by atoms with Crippen LogP contribution in [0.4, 0.5) is 5.69 Å². The molecule has 0 saturated carbocycles. The Morgan fingerprint density at radius 3 is 2.90 bits per heavy atom. The minimum atomic E-state index is 0. The molecule has 0 aromatic heterocycles. The summed E-state index contributed by atoms with van der Waals surface area (Å²) < 4.78 is 0. The van der Waals surface area contributed by atoms with E-state index in [1.54, 1.807) is 0 Å². The first-order chi connectivity index (χ1) is 4.47. The number of benzene rings is 1. The molecule has 0 amide bonds. The van der Waals surface area contributed by atoms with Crippen LogP contribution in [0.5, 0.6) is 0 Å². The Balaban J connectivity index is 0.000000500. The van der Waals surface area contributed by atoms with E-state index in [1.165, 1.54) is 10.6 Å². The van der Waals surface area contributed by atoms with Crippen molar-refractivity contribution < 1.29 is 0 Å². The maximum Gasteiger partial charge on any atom is 0.0658 e. The largest absolute Gasteiger partial charge is 0.375 e. The molecule has 1 aromatic carbocycles. The fourth-order valence-corrected chi connectivity index (χ4v) is 1.78. The van der Waals surface area contributed by atoms with Gasteiger partial charge in [0.05, 0.1) is 5.88 Å². The van der Waals surface area contributed by atoms with Crippen molar-refractivity contribution in [3.05, 3.63) is 24.3 Å². The molecule has 1 nitrogen and oxygen atoms in total. The zero-order chi connectivity index (χ0) is 6.10. The van der Waals surface area contributed by atoms with Gasteiger partial charge in [-0.2, -0.15) is 13.5 Å². The third kappa shape index (κ3) is 1.25. The van der Waals surface area contributed by atoms with Crippen LogP contribution in [-0.2, 0) is 0 Å². The quantitative estimate of drug-likeness (QED) is 0.642. The molecule has 0 radical (unpaired) electrons. The van der Waals surface area contributed by atoms with Crippen LogP contribution in [0.25, 0.3) is 0 Å². The molecule has 1 N–H and O–H groups in total. The Morgan fingerprint density at radius 2 is 2.10 bits per heavy atom. The van der Waals surface area contributed by atoms with Crippen LogP contribution in [0, 0.1) is 0 Å². The van der Waals surface area contributed by atoms with E-state index in [4.69, 9.17) is 0 Å². The van der Waals surface area contributed by atoms with Gasteiger partial charge in [-0.3, -0.25) is 0 Å². The van der Waals surface area contributed by atoms with Gasteiger partial charge in [-0.1, -0.05) is 12.1 Å². The number of para-hydroxylation sites is 1. The molecular weight excluding hydrogens is 162 g/mol. The lowest BCUT2D eigenvalue weighted by Crippen LogP contribution is -1.86. The smallest absolute Gasteiger partial charge is 0.0658 e. The second kappa shape index (κ2) is 3.21. The van der Waals surface area contributed by atoms with Gasteiger partial charge in [-0.15, -0.1) is 11.8 Å². The SMILES string of the molecule is S.c1ccc2c(c1)NCS2. The van der Waals surface area contributed by atoms with E-state index < -0.39 is 0 Å². The van der Waals surface area contributed by atoms with Crippen molar-refractivity contribution in [3.63, 3.8) is 0 Å². The summed E-state index contributed by atoms with van der Waals surface area (Å²) in [5.41, 5.74) is 1.28. The topological polar surface area (TPSA) is 12.0 Å². The van der Waals surface area contributed by atoms with Crippen molar-refractivity contribution in [3.8, 4) is 0 Å². The third-order valence-electron chi connectivity index (χ3n) is 1.38. The summed E-state index contributed by atoms with van der Waals surface area (Å²) in [6.07, 6.45) is 0. The fourth-order valence-electron chi connectivity index (χ4n) is 0.930. The number of rotatable bonds is 0. The average molecular weight is 171 g/mol. The second-order valence-corrected chi connectivity index (χ2v) is 2.98. The monoisotopic (exact) mass is 171 g/mol. The van der Waals surface area contributed by atoms with E-state index in [0.29, 0.717) is 0 Å². The molecule has 0 bridgehead atoms.